The van der Waals surface area contributed by atoms with Gasteiger partial charge in [-0.2, -0.15) is 0 Å². The van der Waals surface area contributed by atoms with Crippen LogP contribution < -0.4 is 10.1 Å². The zero-order chi connectivity index (χ0) is 15.7. The van der Waals surface area contributed by atoms with Gasteiger partial charge in [0, 0.05) is 15.8 Å². The molecule has 0 aliphatic carbocycles. The Kier molecular flexibility index (Phi) is 4.25. The second kappa shape index (κ2) is 6.16. The zero-order valence-corrected chi connectivity index (χ0v) is 13.9. The Morgan fingerprint density at radius 3 is 2.64 bits per heavy atom. The molecule has 1 heterocycles. The van der Waals surface area contributed by atoms with Crippen molar-refractivity contribution in [2.45, 2.75) is 0 Å². The number of hydrogen-bond donors (Lipinski definition) is 1. The average molecular weight is 352 g/mol. The van der Waals surface area contributed by atoms with Crippen molar-refractivity contribution < 1.29 is 9.53 Å². The first-order valence-corrected chi connectivity index (χ1v) is 7.99. The normalized spacial score (nSPS) is 10.7. The van der Waals surface area contributed by atoms with Gasteiger partial charge in [0.2, 0.25) is 0 Å². The maximum Gasteiger partial charge on any atom is 0.267 e. The number of ether oxygens (including phenoxy) is 1. The smallest absolute Gasteiger partial charge is 0.267 e. The number of anilines is 1. The van der Waals surface area contributed by atoms with Crippen molar-refractivity contribution >= 4 is 56.2 Å². The van der Waals surface area contributed by atoms with Crippen LogP contribution in [0.3, 0.4) is 0 Å². The number of rotatable bonds is 3. The van der Waals surface area contributed by atoms with Gasteiger partial charge in [0.1, 0.15) is 10.6 Å². The van der Waals surface area contributed by atoms with Gasteiger partial charge in [0.15, 0.2) is 0 Å². The van der Waals surface area contributed by atoms with Crippen molar-refractivity contribution in [3.63, 3.8) is 0 Å². The second-order valence-corrected chi connectivity index (χ2v) is 6.38. The molecule has 0 aliphatic rings. The van der Waals surface area contributed by atoms with E-state index in [1.165, 1.54) is 18.4 Å². The lowest BCUT2D eigenvalue weighted by Gasteiger charge is -2.07. The molecule has 0 saturated heterocycles. The largest absolute Gasteiger partial charge is 0.495 e. The summed E-state index contributed by atoms with van der Waals surface area (Å²) >= 11 is 13.7. The van der Waals surface area contributed by atoms with Crippen LogP contribution in [-0.2, 0) is 0 Å². The molecule has 3 nitrogen and oxygen atoms in total. The van der Waals surface area contributed by atoms with Crippen LogP contribution in [0.15, 0.2) is 42.5 Å². The van der Waals surface area contributed by atoms with E-state index in [4.69, 9.17) is 27.9 Å². The molecule has 0 radical (unpaired) electrons. The summed E-state index contributed by atoms with van der Waals surface area (Å²) in [6.07, 6.45) is 0. The molecule has 22 heavy (non-hydrogen) atoms. The van der Waals surface area contributed by atoms with Crippen LogP contribution in [0, 0.1) is 0 Å². The highest BCUT2D eigenvalue weighted by atomic mass is 35.5. The molecule has 0 spiro atoms. The van der Waals surface area contributed by atoms with Crippen LogP contribution in [0.2, 0.25) is 10.0 Å². The molecule has 0 saturated carbocycles. The lowest BCUT2D eigenvalue weighted by atomic mass is 10.2. The van der Waals surface area contributed by atoms with E-state index in [0.29, 0.717) is 26.4 Å². The molecule has 0 fully saturated rings. The molecule has 0 unspecified atom stereocenters. The molecule has 1 N–H and O–H groups in total. The van der Waals surface area contributed by atoms with Crippen LogP contribution in [-0.4, -0.2) is 13.0 Å². The van der Waals surface area contributed by atoms with E-state index in [1.54, 1.807) is 18.2 Å². The Labute approximate surface area is 141 Å². The van der Waals surface area contributed by atoms with Crippen molar-refractivity contribution in [2.75, 3.05) is 12.4 Å². The third kappa shape index (κ3) is 2.77. The van der Waals surface area contributed by atoms with Gasteiger partial charge in [-0.05, 0) is 24.3 Å². The summed E-state index contributed by atoms with van der Waals surface area (Å²) in [5.41, 5.74) is 0.587. The molecule has 0 atom stereocenters. The van der Waals surface area contributed by atoms with E-state index in [0.717, 1.165) is 10.1 Å². The van der Waals surface area contributed by atoms with Gasteiger partial charge in [-0.3, -0.25) is 4.79 Å². The second-order valence-electron chi connectivity index (χ2n) is 4.54. The first-order chi connectivity index (χ1) is 10.6. The fourth-order valence-electron chi connectivity index (χ4n) is 2.09. The number of halogens is 2. The van der Waals surface area contributed by atoms with E-state index < -0.39 is 0 Å². The van der Waals surface area contributed by atoms with E-state index in [1.807, 2.05) is 24.3 Å². The average Bonchev–Trinajstić information content (AvgIpc) is 2.85. The number of amides is 1. The van der Waals surface area contributed by atoms with Crippen molar-refractivity contribution in [3.05, 3.63) is 57.4 Å². The molecule has 112 valence electrons. The van der Waals surface area contributed by atoms with E-state index in [9.17, 15) is 4.79 Å². The van der Waals surface area contributed by atoms with Gasteiger partial charge >= 0.3 is 0 Å². The van der Waals surface area contributed by atoms with Crippen LogP contribution in [0.4, 0.5) is 5.69 Å². The number of nitrogens with one attached hydrogen (secondary N) is 1. The Bertz CT molecular complexity index is 860. The summed E-state index contributed by atoms with van der Waals surface area (Å²) in [7, 11) is 1.54. The number of hydrogen-bond acceptors (Lipinski definition) is 3. The van der Waals surface area contributed by atoms with Gasteiger partial charge in [-0.15, -0.1) is 11.3 Å². The number of fused-ring (bicyclic) bond motifs is 1. The number of thiophene rings is 1. The fourth-order valence-corrected chi connectivity index (χ4v) is 3.76. The predicted octanol–water partition coefficient (Wildman–Crippen LogP) is 5.47. The third-order valence-corrected chi connectivity index (χ3v) is 5.12. The third-order valence-electron chi connectivity index (χ3n) is 3.15. The van der Waals surface area contributed by atoms with Gasteiger partial charge in [-0.25, -0.2) is 0 Å². The van der Waals surface area contributed by atoms with Gasteiger partial charge in [-0.1, -0.05) is 41.4 Å². The highest BCUT2D eigenvalue weighted by Gasteiger charge is 2.17. The fraction of sp³-hybridized carbons (Fsp3) is 0.0625. The molecular formula is C16H11Cl2NO2S. The Hall–Kier alpha value is -1.75. The molecule has 0 bridgehead atoms. The number of methoxy groups -OCH3 is 1. The first kappa shape index (κ1) is 15.2. The van der Waals surface area contributed by atoms with Crippen LogP contribution in [0.25, 0.3) is 10.1 Å². The predicted molar refractivity (Wildman–Crippen MR) is 92.8 cm³/mol. The van der Waals surface area contributed by atoms with Crippen molar-refractivity contribution in [3.8, 4) is 5.75 Å². The Balaban J connectivity index is 1.90. The number of benzene rings is 2. The molecule has 1 amide bonds. The molecule has 1 aromatic heterocycles. The number of carbonyl (C=O) groups excluding carboxylic acids is 1. The Morgan fingerprint density at radius 1 is 1.18 bits per heavy atom. The molecular weight excluding hydrogens is 341 g/mol. The molecule has 6 heteroatoms. The van der Waals surface area contributed by atoms with Crippen LogP contribution in [0.1, 0.15) is 9.67 Å². The quantitative estimate of drug-likeness (QED) is 0.679. The van der Waals surface area contributed by atoms with Crippen molar-refractivity contribution in [1.29, 1.82) is 0 Å². The highest BCUT2D eigenvalue weighted by Crippen LogP contribution is 2.36. The molecule has 3 aromatic rings. The van der Waals surface area contributed by atoms with Gasteiger partial charge < -0.3 is 10.1 Å². The lowest BCUT2D eigenvalue weighted by molar-refractivity contribution is 0.103. The van der Waals surface area contributed by atoms with Crippen LogP contribution in [0.5, 0.6) is 5.75 Å². The van der Waals surface area contributed by atoms with Gasteiger partial charge in [0.25, 0.3) is 5.91 Å². The number of carbonyl (C=O) groups is 1. The minimum absolute atomic E-state index is 0.257. The summed E-state index contributed by atoms with van der Waals surface area (Å²) in [4.78, 5) is 12.9. The molecule has 0 aliphatic heterocycles. The summed E-state index contributed by atoms with van der Waals surface area (Å²) < 4.78 is 6.06. The minimum Gasteiger partial charge on any atom is -0.495 e. The van der Waals surface area contributed by atoms with E-state index in [-0.39, 0.29) is 5.91 Å². The molecule has 2 aromatic carbocycles. The summed E-state index contributed by atoms with van der Waals surface area (Å²) in [5.74, 6) is 0.298. The lowest BCUT2D eigenvalue weighted by Crippen LogP contribution is -2.10. The minimum atomic E-state index is -0.257. The SMILES string of the molecule is COc1ccc(NC(=O)c2sc3ccccc3c2Cl)cc1Cl. The van der Waals surface area contributed by atoms with Gasteiger partial charge in [0.05, 0.1) is 17.2 Å². The first-order valence-electron chi connectivity index (χ1n) is 6.42. The summed E-state index contributed by atoms with van der Waals surface area (Å²) in [5, 5.41) is 4.58. The summed E-state index contributed by atoms with van der Waals surface area (Å²) in [6.45, 7) is 0. The Morgan fingerprint density at radius 2 is 1.95 bits per heavy atom. The maximum absolute atomic E-state index is 12.4. The monoisotopic (exact) mass is 351 g/mol. The van der Waals surface area contributed by atoms with Crippen molar-refractivity contribution in [1.82, 2.24) is 0 Å². The van der Waals surface area contributed by atoms with Crippen molar-refractivity contribution in [2.24, 2.45) is 0 Å². The maximum atomic E-state index is 12.4. The molecule has 3 rings (SSSR count). The topological polar surface area (TPSA) is 38.3 Å². The highest BCUT2D eigenvalue weighted by molar-refractivity contribution is 7.21. The van der Waals surface area contributed by atoms with Crippen LogP contribution >= 0.6 is 34.5 Å². The standard InChI is InChI=1S/C16H11Cl2NO2S/c1-21-12-7-6-9(8-11(12)17)19-16(20)15-14(18)10-4-2-3-5-13(10)22-15/h2-8H,1H3,(H,19,20). The van der Waals surface area contributed by atoms with E-state index in [2.05, 4.69) is 5.32 Å². The summed E-state index contributed by atoms with van der Waals surface area (Å²) in [6, 6.07) is 12.7. The zero-order valence-electron chi connectivity index (χ0n) is 11.5. The van der Waals surface area contributed by atoms with E-state index >= 15 is 0 Å².